The van der Waals surface area contributed by atoms with Gasteiger partial charge >= 0.3 is 0 Å². The zero-order valence-corrected chi connectivity index (χ0v) is 11.0. The van der Waals surface area contributed by atoms with E-state index in [1.165, 1.54) is 0 Å². The number of carbonyl (C=O) groups excluding carboxylic acids is 1. The van der Waals surface area contributed by atoms with E-state index in [2.05, 4.69) is 4.98 Å². The largest absolute Gasteiger partial charge is 0.494 e. The van der Waals surface area contributed by atoms with Crippen molar-refractivity contribution in [2.45, 2.75) is 6.92 Å². The van der Waals surface area contributed by atoms with Gasteiger partial charge in [0.2, 0.25) is 5.78 Å². The van der Waals surface area contributed by atoms with Crippen molar-refractivity contribution in [1.29, 1.82) is 0 Å². The summed E-state index contributed by atoms with van der Waals surface area (Å²) in [7, 11) is 0. The molecule has 0 saturated heterocycles. The van der Waals surface area contributed by atoms with Gasteiger partial charge in [-0.2, -0.15) is 0 Å². The summed E-state index contributed by atoms with van der Waals surface area (Å²) in [6.07, 6.45) is 5.06. The second-order valence-corrected chi connectivity index (χ2v) is 4.31. The number of Topliss-reactive ketones (excluding diaryl/α,β-unsaturated/α-hetero) is 1. The topological polar surface area (TPSA) is 48.4 Å². The lowest BCUT2D eigenvalue weighted by Crippen LogP contribution is -1.97. The molecule has 0 saturated carbocycles. The third-order valence-corrected chi connectivity index (χ3v) is 2.96. The highest BCUT2D eigenvalue weighted by atomic mass is 16.5. The lowest BCUT2D eigenvalue weighted by Gasteiger charge is -2.03. The van der Waals surface area contributed by atoms with Crippen molar-refractivity contribution in [3.8, 4) is 11.5 Å². The summed E-state index contributed by atoms with van der Waals surface area (Å²) in [4.78, 5) is 16.2. The fourth-order valence-corrected chi connectivity index (χ4v) is 2.03. The number of pyridine rings is 1. The molecular weight excluding hydrogens is 254 g/mol. The highest BCUT2D eigenvalue weighted by molar-refractivity contribution is 6.14. The van der Waals surface area contributed by atoms with Crippen molar-refractivity contribution in [1.82, 2.24) is 4.98 Å². The van der Waals surface area contributed by atoms with E-state index in [9.17, 15) is 4.79 Å². The summed E-state index contributed by atoms with van der Waals surface area (Å²) in [5.74, 6) is 1.45. The van der Waals surface area contributed by atoms with E-state index in [0.717, 1.165) is 5.56 Å². The molecule has 3 rings (SSSR count). The predicted octanol–water partition coefficient (Wildman–Crippen LogP) is 3.10. The number of hydrogen-bond donors (Lipinski definition) is 0. The van der Waals surface area contributed by atoms with Crippen molar-refractivity contribution in [2.75, 3.05) is 6.61 Å². The molecule has 4 nitrogen and oxygen atoms in total. The summed E-state index contributed by atoms with van der Waals surface area (Å²) in [5, 5.41) is 0. The van der Waals surface area contributed by atoms with Crippen LogP contribution in [-0.2, 0) is 0 Å². The molecular formula is C16H13NO3. The first-order chi connectivity index (χ1) is 9.78. The molecule has 1 aliphatic heterocycles. The fraction of sp³-hybridized carbons (Fsp3) is 0.125. The first-order valence-electron chi connectivity index (χ1n) is 6.39. The maximum atomic E-state index is 12.2. The highest BCUT2D eigenvalue weighted by Crippen LogP contribution is 2.34. The standard InChI is InChI=1S/C16H13NO3/c1-2-19-12-3-4-13-14(10-12)20-15(16(13)18)9-11-5-7-17-8-6-11/h3-10H,2H2,1H3/b15-9-. The molecule has 0 aliphatic carbocycles. The smallest absolute Gasteiger partial charge is 0.231 e. The van der Waals surface area contributed by atoms with Gasteiger partial charge < -0.3 is 9.47 Å². The molecule has 0 bridgehead atoms. The van der Waals surface area contributed by atoms with Crippen LogP contribution in [0.15, 0.2) is 48.5 Å². The Labute approximate surface area is 116 Å². The number of aromatic nitrogens is 1. The number of carbonyl (C=O) groups is 1. The number of fused-ring (bicyclic) bond motifs is 1. The van der Waals surface area contributed by atoms with Crippen LogP contribution in [0.3, 0.4) is 0 Å². The molecule has 0 unspecified atom stereocenters. The average Bonchev–Trinajstić information content (AvgIpc) is 2.77. The zero-order chi connectivity index (χ0) is 13.9. The van der Waals surface area contributed by atoms with E-state index < -0.39 is 0 Å². The van der Waals surface area contributed by atoms with Gasteiger partial charge in [-0.1, -0.05) is 0 Å². The second-order valence-electron chi connectivity index (χ2n) is 4.31. The Hall–Kier alpha value is -2.62. The molecule has 4 heteroatoms. The molecule has 0 spiro atoms. The third kappa shape index (κ3) is 2.28. The van der Waals surface area contributed by atoms with Crippen LogP contribution in [0.2, 0.25) is 0 Å². The molecule has 2 aromatic rings. The van der Waals surface area contributed by atoms with Crippen LogP contribution in [-0.4, -0.2) is 17.4 Å². The maximum absolute atomic E-state index is 12.2. The average molecular weight is 267 g/mol. The quantitative estimate of drug-likeness (QED) is 0.802. The van der Waals surface area contributed by atoms with Gasteiger partial charge in [0.15, 0.2) is 5.76 Å². The monoisotopic (exact) mass is 267 g/mol. The Morgan fingerprint density at radius 2 is 2.05 bits per heavy atom. The number of ether oxygens (including phenoxy) is 2. The molecule has 0 amide bonds. The van der Waals surface area contributed by atoms with Gasteiger partial charge in [-0.25, -0.2) is 0 Å². The minimum absolute atomic E-state index is 0.111. The van der Waals surface area contributed by atoms with Gasteiger partial charge in [0.25, 0.3) is 0 Å². The molecule has 1 aromatic heterocycles. The Morgan fingerprint density at radius 3 is 2.80 bits per heavy atom. The molecule has 1 aliphatic rings. The van der Waals surface area contributed by atoms with Gasteiger partial charge in [0.05, 0.1) is 12.2 Å². The fourth-order valence-electron chi connectivity index (χ4n) is 2.03. The van der Waals surface area contributed by atoms with Crippen LogP contribution in [0.1, 0.15) is 22.8 Å². The van der Waals surface area contributed by atoms with Crippen LogP contribution >= 0.6 is 0 Å². The minimum Gasteiger partial charge on any atom is -0.494 e. The van der Waals surface area contributed by atoms with Crippen LogP contribution in [0.4, 0.5) is 0 Å². The third-order valence-electron chi connectivity index (χ3n) is 2.96. The summed E-state index contributed by atoms with van der Waals surface area (Å²) >= 11 is 0. The molecule has 0 N–H and O–H groups in total. The van der Waals surface area contributed by atoms with E-state index in [4.69, 9.17) is 9.47 Å². The zero-order valence-electron chi connectivity index (χ0n) is 11.0. The number of benzene rings is 1. The molecule has 0 radical (unpaired) electrons. The number of ketones is 1. The SMILES string of the molecule is CCOc1ccc2c(c1)O/C(=C\c1ccncc1)C2=O. The van der Waals surface area contributed by atoms with Gasteiger partial charge in [0, 0.05) is 18.5 Å². The Morgan fingerprint density at radius 1 is 1.25 bits per heavy atom. The van der Waals surface area contributed by atoms with E-state index >= 15 is 0 Å². The number of allylic oxidation sites excluding steroid dienone is 1. The molecule has 0 atom stereocenters. The van der Waals surface area contributed by atoms with Crippen molar-refractivity contribution < 1.29 is 14.3 Å². The normalized spacial score (nSPS) is 15.1. The van der Waals surface area contributed by atoms with Crippen LogP contribution in [0.5, 0.6) is 11.5 Å². The Kier molecular flexibility index (Phi) is 3.21. The van der Waals surface area contributed by atoms with E-state index in [1.807, 2.05) is 19.1 Å². The Bertz CT molecular complexity index is 677. The van der Waals surface area contributed by atoms with Crippen LogP contribution in [0.25, 0.3) is 6.08 Å². The van der Waals surface area contributed by atoms with Gasteiger partial charge in [-0.3, -0.25) is 9.78 Å². The maximum Gasteiger partial charge on any atom is 0.231 e. The number of hydrogen-bond acceptors (Lipinski definition) is 4. The van der Waals surface area contributed by atoms with Crippen molar-refractivity contribution >= 4 is 11.9 Å². The van der Waals surface area contributed by atoms with E-state index in [1.54, 1.807) is 36.7 Å². The number of nitrogens with zero attached hydrogens (tertiary/aromatic N) is 1. The molecule has 1 aromatic carbocycles. The molecule has 100 valence electrons. The summed E-state index contributed by atoms with van der Waals surface area (Å²) in [6.45, 7) is 2.49. The van der Waals surface area contributed by atoms with E-state index in [-0.39, 0.29) is 5.78 Å². The van der Waals surface area contributed by atoms with Gasteiger partial charge in [0.1, 0.15) is 11.5 Å². The lowest BCUT2D eigenvalue weighted by molar-refractivity contribution is 0.101. The Balaban J connectivity index is 1.92. The minimum atomic E-state index is -0.111. The van der Waals surface area contributed by atoms with Gasteiger partial charge in [-0.05, 0) is 42.8 Å². The molecule has 0 fully saturated rings. The first kappa shape index (κ1) is 12.4. The van der Waals surface area contributed by atoms with Crippen molar-refractivity contribution in [3.05, 3.63) is 59.6 Å². The summed E-state index contributed by atoms with van der Waals surface area (Å²) < 4.78 is 11.0. The molecule has 20 heavy (non-hydrogen) atoms. The van der Waals surface area contributed by atoms with Crippen molar-refractivity contribution in [3.63, 3.8) is 0 Å². The summed E-state index contributed by atoms with van der Waals surface area (Å²) in [5.41, 5.74) is 1.44. The van der Waals surface area contributed by atoms with Crippen LogP contribution in [0, 0.1) is 0 Å². The molecule has 2 heterocycles. The van der Waals surface area contributed by atoms with Crippen molar-refractivity contribution in [2.24, 2.45) is 0 Å². The van der Waals surface area contributed by atoms with Crippen LogP contribution < -0.4 is 9.47 Å². The highest BCUT2D eigenvalue weighted by Gasteiger charge is 2.27. The van der Waals surface area contributed by atoms with Gasteiger partial charge in [-0.15, -0.1) is 0 Å². The summed E-state index contributed by atoms with van der Waals surface area (Å²) in [6, 6.07) is 8.88. The lowest BCUT2D eigenvalue weighted by atomic mass is 10.1. The number of rotatable bonds is 3. The first-order valence-corrected chi connectivity index (χ1v) is 6.39. The second kappa shape index (κ2) is 5.17. The van der Waals surface area contributed by atoms with E-state index in [0.29, 0.717) is 29.4 Å². The predicted molar refractivity (Wildman–Crippen MR) is 74.8 cm³/mol.